The molecule has 5 heteroatoms. The van der Waals surface area contributed by atoms with Crippen molar-refractivity contribution in [3.8, 4) is 0 Å². The highest BCUT2D eigenvalue weighted by molar-refractivity contribution is 7.09. The number of hydrogen-bond acceptors (Lipinski definition) is 4. The van der Waals surface area contributed by atoms with E-state index in [1.54, 1.807) is 17.5 Å². The Kier molecular flexibility index (Phi) is 4.30. The first-order valence-corrected chi connectivity index (χ1v) is 6.39. The molecule has 0 radical (unpaired) electrons. The molecule has 0 fully saturated rings. The van der Waals surface area contributed by atoms with Crippen LogP contribution in [0.25, 0.3) is 0 Å². The summed E-state index contributed by atoms with van der Waals surface area (Å²) < 4.78 is 7.37. The quantitative estimate of drug-likeness (QED) is 0.853. The maximum atomic E-state index is 9.80. The molecule has 0 aliphatic heterocycles. The number of hydrogen-bond donors (Lipinski definition) is 1. The Labute approximate surface area is 105 Å². The van der Waals surface area contributed by atoms with Crippen molar-refractivity contribution in [3.63, 3.8) is 0 Å². The van der Waals surface area contributed by atoms with Gasteiger partial charge >= 0.3 is 0 Å². The topological polar surface area (TPSA) is 47.3 Å². The van der Waals surface area contributed by atoms with Crippen molar-refractivity contribution in [3.05, 3.63) is 40.6 Å². The lowest BCUT2D eigenvalue weighted by atomic mass is 10.3. The van der Waals surface area contributed by atoms with Gasteiger partial charge in [-0.2, -0.15) is 0 Å². The predicted octanol–water partition coefficient (Wildman–Crippen LogP) is 1.83. The summed E-state index contributed by atoms with van der Waals surface area (Å²) in [6.45, 7) is 3.35. The molecule has 0 bridgehead atoms. The van der Waals surface area contributed by atoms with E-state index in [4.69, 9.17) is 4.74 Å². The Bertz CT molecular complexity index is 439. The van der Waals surface area contributed by atoms with Gasteiger partial charge in [-0.25, -0.2) is 4.98 Å². The third kappa shape index (κ3) is 3.66. The van der Waals surface area contributed by atoms with Gasteiger partial charge in [-0.15, -0.1) is 11.3 Å². The minimum Gasteiger partial charge on any atom is -0.389 e. The van der Waals surface area contributed by atoms with Gasteiger partial charge in [0.1, 0.15) is 5.82 Å². The van der Waals surface area contributed by atoms with E-state index in [0.29, 0.717) is 19.8 Å². The van der Waals surface area contributed by atoms with Crippen LogP contribution in [0.4, 0.5) is 0 Å². The fourth-order valence-corrected chi connectivity index (χ4v) is 2.21. The van der Waals surface area contributed by atoms with Gasteiger partial charge in [0.05, 0.1) is 25.9 Å². The first-order valence-electron chi connectivity index (χ1n) is 5.51. The number of thiophene rings is 1. The average molecular weight is 252 g/mol. The minimum absolute atomic E-state index is 0.343. The smallest absolute Gasteiger partial charge is 0.105 e. The molecule has 0 aliphatic rings. The molecule has 2 aromatic heterocycles. The second-order valence-electron chi connectivity index (χ2n) is 3.88. The first-order chi connectivity index (χ1) is 8.25. The van der Waals surface area contributed by atoms with Gasteiger partial charge in [-0.05, 0) is 18.4 Å². The molecule has 1 N–H and O–H groups in total. The van der Waals surface area contributed by atoms with E-state index in [9.17, 15) is 5.11 Å². The van der Waals surface area contributed by atoms with Crippen molar-refractivity contribution in [2.75, 3.05) is 6.61 Å². The van der Waals surface area contributed by atoms with Gasteiger partial charge < -0.3 is 14.4 Å². The number of aryl methyl sites for hydroxylation is 1. The maximum Gasteiger partial charge on any atom is 0.105 e. The van der Waals surface area contributed by atoms with E-state index < -0.39 is 6.10 Å². The first kappa shape index (κ1) is 12.3. The van der Waals surface area contributed by atoms with E-state index in [1.165, 1.54) is 4.88 Å². The molecular formula is C12H16N2O2S. The third-order valence-electron chi connectivity index (χ3n) is 2.47. The molecule has 2 heterocycles. The number of ether oxygens (including phenoxy) is 1. The lowest BCUT2D eigenvalue weighted by Gasteiger charge is -2.12. The van der Waals surface area contributed by atoms with Crippen LogP contribution in [0.5, 0.6) is 0 Å². The van der Waals surface area contributed by atoms with E-state index in [2.05, 4.69) is 4.98 Å². The second kappa shape index (κ2) is 5.95. The lowest BCUT2D eigenvalue weighted by molar-refractivity contribution is 0.0210. The SMILES string of the molecule is Cc1nccn1C[C@H](O)COCc1cccs1. The Balaban J connectivity index is 1.71. The molecule has 0 amide bonds. The number of aliphatic hydroxyl groups is 1. The molecule has 0 aliphatic carbocycles. The summed E-state index contributed by atoms with van der Waals surface area (Å²) in [5, 5.41) is 11.8. The summed E-state index contributed by atoms with van der Waals surface area (Å²) in [7, 11) is 0. The summed E-state index contributed by atoms with van der Waals surface area (Å²) >= 11 is 1.66. The van der Waals surface area contributed by atoms with Crippen LogP contribution < -0.4 is 0 Å². The van der Waals surface area contributed by atoms with Gasteiger partial charge in [-0.3, -0.25) is 0 Å². The summed E-state index contributed by atoms with van der Waals surface area (Å²) in [4.78, 5) is 5.28. The van der Waals surface area contributed by atoms with Gasteiger partial charge in [0.15, 0.2) is 0 Å². The van der Waals surface area contributed by atoms with Crippen LogP contribution >= 0.6 is 11.3 Å². The predicted molar refractivity (Wildman–Crippen MR) is 66.9 cm³/mol. The van der Waals surface area contributed by atoms with Crippen LogP contribution in [-0.2, 0) is 17.9 Å². The fraction of sp³-hybridized carbons (Fsp3) is 0.417. The highest BCUT2D eigenvalue weighted by atomic mass is 32.1. The van der Waals surface area contributed by atoms with Crippen molar-refractivity contribution < 1.29 is 9.84 Å². The molecule has 1 atom stereocenters. The van der Waals surface area contributed by atoms with Crippen LogP contribution in [0.3, 0.4) is 0 Å². The van der Waals surface area contributed by atoms with Gasteiger partial charge in [0.25, 0.3) is 0 Å². The summed E-state index contributed by atoms with van der Waals surface area (Å²) in [5.74, 6) is 0.905. The van der Waals surface area contributed by atoms with Crippen molar-refractivity contribution in [2.45, 2.75) is 26.2 Å². The molecule has 17 heavy (non-hydrogen) atoms. The van der Waals surface area contributed by atoms with Gasteiger partial charge in [0, 0.05) is 17.3 Å². The number of rotatable bonds is 6. The summed E-state index contributed by atoms with van der Waals surface area (Å²) in [5.41, 5.74) is 0. The van der Waals surface area contributed by atoms with E-state index in [1.807, 2.05) is 35.2 Å². The van der Waals surface area contributed by atoms with Crippen molar-refractivity contribution in [2.24, 2.45) is 0 Å². The zero-order valence-corrected chi connectivity index (χ0v) is 10.6. The molecule has 92 valence electrons. The van der Waals surface area contributed by atoms with E-state index in [-0.39, 0.29) is 0 Å². The highest BCUT2D eigenvalue weighted by Gasteiger charge is 2.07. The van der Waals surface area contributed by atoms with Crippen LogP contribution in [0.2, 0.25) is 0 Å². The Morgan fingerprint density at radius 3 is 3.12 bits per heavy atom. The molecule has 0 spiro atoms. The Morgan fingerprint density at radius 2 is 2.47 bits per heavy atom. The van der Waals surface area contributed by atoms with Crippen molar-refractivity contribution >= 4 is 11.3 Å². The number of aliphatic hydroxyl groups excluding tert-OH is 1. The number of imidazole rings is 1. The van der Waals surface area contributed by atoms with Crippen LogP contribution in [0.15, 0.2) is 29.9 Å². The largest absolute Gasteiger partial charge is 0.389 e. The Morgan fingerprint density at radius 1 is 1.59 bits per heavy atom. The van der Waals surface area contributed by atoms with Gasteiger partial charge in [0.2, 0.25) is 0 Å². The summed E-state index contributed by atoms with van der Waals surface area (Å²) in [6.07, 6.45) is 3.09. The molecule has 4 nitrogen and oxygen atoms in total. The Hall–Kier alpha value is -1.17. The zero-order valence-electron chi connectivity index (χ0n) is 9.74. The lowest BCUT2D eigenvalue weighted by Crippen LogP contribution is -2.22. The fourth-order valence-electron chi connectivity index (χ4n) is 1.57. The molecule has 2 aromatic rings. The molecule has 0 unspecified atom stereocenters. The normalized spacial score (nSPS) is 12.8. The molecule has 0 saturated carbocycles. The van der Waals surface area contributed by atoms with Crippen LogP contribution in [0, 0.1) is 6.92 Å². The number of aromatic nitrogens is 2. The monoisotopic (exact) mass is 252 g/mol. The standard InChI is InChI=1S/C12H16N2O2S/c1-10-13-4-5-14(10)7-11(15)8-16-9-12-3-2-6-17-12/h2-6,11,15H,7-9H2,1H3/t11-/m0/s1. The van der Waals surface area contributed by atoms with E-state index >= 15 is 0 Å². The molecule has 0 saturated heterocycles. The minimum atomic E-state index is -0.497. The van der Waals surface area contributed by atoms with Crippen molar-refractivity contribution in [1.82, 2.24) is 9.55 Å². The molecule has 2 rings (SSSR count). The maximum absolute atomic E-state index is 9.80. The number of nitrogens with zero attached hydrogens (tertiary/aromatic N) is 2. The van der Waals surface area contributed by atoms with E-state index in [0.717, 1.165) is 5.82 Å². The molecular weight excluding hydrogens is 236 g/mol. The average Bonchev–Trinajstić information content (AvgIpc) is 2.92. The van der Waals surface area contributed by atoms with Crippen LogP contribution in [0.1, 0.15) is 10.7 Å². The zero-order chi connectivity index (χ0) is 12.1. The third-order valence-corrected chi connectivity index (χ3v) is 3.32. The highest BCUT2D eigenvalue weighted by Crippen LogP contribution is 2.09. The summed E-state index contributed by atoms with van der Waals surface area (Å²) in [6, 6.07) is 4.02. The van der Waals surface area contributed by atoms with Crippen molar-refractivity contribution in [1.29, 1.82) is 0 Å². The second-order valence-corrected chi connectivity index (χ2v) is 4.91. The van der Waals surface area contributed by atoms with Crippen LogP contribution in [-0.4, -0.2) is 27.4 Å². The molecule has 0 aromatic carbocycles. The van der Waals surface area contributed by atoms with Gasteiger partial charge in [-0.1, -0.05) is 6.07 Å².